The van der Waals surface area contributed by atoms with Crippen molar-refractivity contribution >= 4 is 29.2 Å². The van der Waals surface area contributed by atoms with Gasteiger partial charge in [-0.05, 0) is 56.2 Å². The minimum atomic E-state index is -0.387. The van der Waals surface area contributed by atoms with Gasteiger partial charge in [0, 0.05) is 27.8 Å². The quantitative estimate of drug-likeness (QED) is 0.850. The van der Waals surface area contributed by atoms with Crippen molar-refractivity contribution < 1.29 is 14.3 Å². The van der Waals surface area contributed by atoms with Crippen LogP contribution in [0, 0.1) is 0 Å². The van der Waals surface area contributed by atoms with Gasteiger partial charge in [0.05, 0.1) is 12.7 Å². The van der Waals surface area contributed by atoms with Gasteiger partial charge in [-0.2, -0.15) is 0 Å². The molecule has 24 heavy (non-hydrogen) atoms. The number of thiophene rings is 1. The van der Waals surface area contributed by atoms with Gasteiger partial charge in [-0.1, -0.05) is 6.08 Å². The van der Waals surface area contributed by atoms with Gasteiger partial charge in [0.2, 0.25) is 0 Å². The van der Waals surface area contributed by atoms with E-state index in [4.69, 9.17) is 4.74 Å². The van der Waals surface area contributed by atoms with Gasteiger partial charge in [-0.15, -0.1) is 11.3 Å². The van der Waals surface area contributed by atoms with Crippen LogP contribution in [0.1, 0.15) is 49.1 Å². The van der Waals surface area contributed by atoms with Crippen molar-refractivity contribution in [1.29, 1.82) is 0 Å². The largest absolute Gasteiger partial charge is 0.466 e. The van der Waals surface area contributed by atoms with E-state index in [9.17, 15) is 9.59 Å². The molecule has 0 bridgehead atoms. The molecule has 1 atom stereocenters. The van der Waals surface area contributed by atoms with Crippen molar-refractivity contribution in [2.45, 2.75) is 39.5 Å². The van der Waals surface area contributed by atoms with Crippen LogP contribution in [0.5, 0.6) is 0 Å². The van der Waals surface area contributed by atoms with Gasteiger partial charge in [0.1, 0.15) is 0 Å². The fourth-order valence-corrected chi connectivity index (χ4v) is 4.70. The second-order valence-electron chi connectivity index (χ2n) is 6.16. The number of ether oxygens (including phenoxy) is 1. The number of fused-ring (bicyclic) bond motifs is 1. The van der Waals surface area contributed by atoms with Crippen LogP contribution >= 0.6 is 11.3 Å². The summed E-state index contributed by atoms with van der Waals surface area (Å²) in [7, 11) is 1.38. The molecule has 0 aromatic carbocycles. The van der Waals surface area contributed by atoms with Gasteiger partial charge in [-0.3, -0.25) is 4.79 Å². The van der Waals surface area contributed by atoms with Crippen LogP contribution in [0.2, 0.25) is 0 Å². The van der Waals surface area contributed by atoms with E-state index in [1.54, 1.807) is 18.3 Å². The molecule has 0 radical (unpaired) electrons. The van der Waals surface area contributed by atoms with Crippen molar-refractivity contribution in [3.63, 3.8) is 0 Å². The van der Waals surface area contributed by atoms with Crippen molar-refractivity contribution in [2.75, 3.05) is 7.11 Å². The maximum atomic E-state index is 12.5. The Balaban J connectivity index is 2.23. The molecule has 0 saturated carbocycles. The summed E-state index contributed by atoms with van der Waals surface area (Å²) in [5.74, 6) is -0.768. The molecule has 1 aliphatic heterocycles. The number of hydrogen-bond acceptors (Lipinski definition) is 5. The highest BCUT2D eigenvalue weighted by atomic mass is 32.1. The Morgan fingerprint density at radius 2 is 1.96 bits per heavy atom. The highest BCUT2D eigenvalue weighted by Crippen LogP contribution is 2.44. The van der Waals surface area contributed by atoms with E-state index in [1.165, 1.54) is 17.6 Å². The monoisotopic (exact) mass is 343 g/mol. The first-order valence-corrected chi connectivity index (χ1v) is 8.88. The van der Waals surface area contributed by atoms with E-state index in [0.717, 1.165) is 29.8 Å². The fourth-order valence-electron chi connectivity index (χ4n) is 3.63. The number of ketones is 1. The molecule has 1 aromatic rings. The first kappa shape index (κ1) is 16.7. The van der Waals surface area contributed by atoms with Crippen molar-refractivity contribution in [1.82, 2.24) is 5.32 Å². The molecule has 126 valence electrons. The Kier molecular flexibility index (Phi) is 4.45. The molecule has 0 spiro atoms. The van der Waals surface area contributed by atoms with Gasteiger partial charge in [0.15, 0.2) is 5.78 Å². The van der Waals surface area contributed by atoms with Crippen LogP contribution in [0.15, 0.2) is 34.0 Å². The Bertz CT molecular complexity index is 811. The predicted molar refractivity (Wildman–Crippen MR) is 95.6 cm³/mol. The summed E-state index contributed by atoms with van der Waals surface area (Å²) in [6.45, 7) is 5.31. The topological polar surface area (TPSA) is 55.4 Å². The van der Waals surface area contributed by atoms with E-state index in [1.807, 2.05) is 13.8 Å². The van der Waals surface area contributed by atoms with E-state index in [2.05, 4.69) is 22.8 Å². The van der Waals surface area contributed by atoms with Crippen LogP contribution in [0.4, 0.5) is 0 Å². The lowest BCUT2D eigenvalue weighted by Crippen LogP contribution is -2.31. The van der Waals surface area contributed by atoms with E-state index >= 15 is 0 Å². The maximum absolute atomic E-state index is 12.5. The van der Waals surface area contributed by atoms with Crippen LogP contribution in [-0.2, 0) is 20.7 Å². The number of rotatable bonds is 3. The van der Waals surface area contributed by atoms with Crippen molar-refractivity contribution in [3.8, 4) is 0 Å². The normalized spacial score (nSPS) is 19.9. The number of Topliss-reactive ketones (excluding diaryl/α,β-unsaturated/α-hetero) is 1. The van der Waals surface area contributed by atoms with Gasteiger partial charge in [0.25, 0.3) is 0 Å². The molecule has 1 N–H and O–H groups in total. The lowest BCUT2D eigenvalue weighted by Gasteiger charge is -2.30. The van der Waals surface area contributed by atoms with Crippen LogP contribution in [-0.4, -0.2) is 18.9 Å². The van der Waals surface area contributed by atoms with E-state index in [0.29, 0.717) is 11.1 Å². The second-order valence-corrected chi connectivity index (χ2v) is 7.07. The molecule has 2 heterocycles. The lowest BCUT2D eigenvalue weighted by atomic mass is 9.77. The zero-order chi connectivity index (χ0) is 17.4. The minimum Gasteiger partial charge on any atom is -0.466 e. The smallest absolute Gasteiger partial charge is 0.336 e. The minimum absolute atomic E-state index is 0.0230. The number of esters is 1. The molecule has 0 saturated heterocycles. The van der Waals surface area contributed by atoms with Gasteiger partial charge < -0.3 is 10.1 Å². The summed E-state index contributed by atoms with van der Waals surface area (Å²) in [4.78, 5) is 26.0. The highest BCUT2D eigenvalue weighted by molar-refractivity contribution is 7.11. The molecule has 1 aromatic heterocycles. The Morgan fingerprint density at radius 1 is 1.25 bits per heavy atom. The third kappa shape index (κ3) is 2.63. The summed E-state index contributed by atoms with van der Waals surface area (Å²) >= 11 is 1.67. The number of carbonyl (C=O) groups is 2. The summed E-state index contributed by atoms with van der Waals surface area (Å²) in [5.41, 5.74) is 5.05. The maximum Gasteiger partial charge on any atom is 0.336 e. The zero-order valence-corrected chi connectivity index (χ0v) is 15.2. The molecule has 0 amide bonds. The van der Waals surface area contributed by atoms with Gasteiger partial charge in [-0.25, -0.2) is 4.79 Å². The third-order valence-electron chi connectivity index (χ3n) is 4.64. The molecule has 3 rings (SSSR count). The van der Waals surface area contributed by atoms with Crippen LogP contribution in [0.25, 0.3) is 6.08 Å². The molecular formula is C19H21NO3S. The number of allylic oxidation sites excluding steroid dienone is 4. The Labute approximate surface area is 145 Å². The fraction of sp³-hybridized carbons (Fsp3) is 0.368. The summed E-state index contributed by atoms with van der Waals surface area (Å²) in [6, 6.07) is 0. The summed E-state index contributed by atoms with van der Waals surface area (Å²) in [6.07, 6.45) is 6.22. The van der Waals surface area contributed by atoms with E-state index in [-0.39, 0.29) is 17.7 Å². The summed E-state index contributed by atoms with van der Waals surface area (Å²) in [5, 5.41) is 5.26. The number of methoxy groups -OCH3 is 1. The van der Waals surface area contributed by atoms with Crippen molar-refractivity contribution in [3.05, 3.63) is 50.0 Å². The molecule has 2 aliphatic rings. The predicted octanol–water partition coefficient (Wildman–Crippen LogP) is 3.70. The number of carbonyl (C=O) groups excluding carboxylic acids is 2. The van der Waals surface area contributed by atoms with E-state index < -0.39 is 0 Å². The molecule has 5 heteroatoms. The lowest BCUT2D eigenvalue weighted by molar-refractivity contribution is -0.136. The molecule has 1 unspecified atom stereocenters. The van der Waals surface area contributed by atoms with Crippen LogP contribution < -0.4 is 5.32 Å². The average Bonchev–Trinajstić information content (AvgIpc) is 2.96. The Morgan fingerprint density at radius 3 is 2.62 bits per heavy atom. The highest BCUT2D eigenvalue weighted by Gasteiger charge is 2.37. The molecular weight excluding hydrogens is 322 g/mol. The second kappa shape index (κ2) is 6.40. The first-order chi connectivity index (χ1) is 11.5. The molecule has 1 aliphatic carbocycles. The third-order valence-corrected chi connectivity index (χ3v) is 5.65. The summed E-state index contributed by atoms with van der Waals surface area (Å²) < 4.78 is 5.01. The number of dihydropyridines is 1. The zero-order valence-electron chi connectivity index (χ0n) is 14.4. The first-order valence-electron chi connectivity index (χ1n) is 8.00. The number of nitrogens with one attached hydrogen (secondary N) is 1. The standard InChI is InChI=1S/C19H21NO3S/c1-10-16(12(3)21)18(17(11(2)20-10)19(22)23-4)14-9-24-15-8-6-5-7-13(14)15/h6,8-9,18,20H,5,7H2,1-4H3. The van der Waals surface area contributed by atoms with Crippen LogP contribution in [0.3, 0.4) is 0 Å². The van der Waals surface area contributed by atoms with Gasteiger partial charge >= 0.3 is 5.97 Å². The number of hydrogen-bond donors (Lipinski definition) is 1. The Hall–Kier alpha value is -2.14. The average molecular weight is 343 g/mol. The molecule has 0 fully saturated rings. The van der Waals surface area contributed by atoms with Crippen molar-refractivity contribution in [2.24, 2.45) is 0 Å². The molecule has 4 nitrogen and oxygen atoms in total. The SMILES string of the molecule is COC(=O)C1=C(C)NC(C)=C(C(C)=O)C1c1csc2c1CCC=C2.